The van der Waals surface area contributed by atoms with E-state index in [-0.39, 0.29) is 16.7 Å². The molecule has 0 aliphatic heterocycles. The Kier molecular flexibility index (Phi) is 3.14. The molecule has 0 aliphatic carbocycles. The Morgan fingerprint density at radius 3 is 2.67 bits per heavy atom. The van der Waals surface area contributed by atoms with Gasteiger partial charge in [-0.25, -0.2) is 4.79 Å². The third-order valence-electron chi connectivity index (χ3n) is 2.55. The maximum absolute atomic E-state index is 11.8. The van der Waals surface area contributed by atoms with E-state index in [9.17, 15) is 9.59 Å². The Balaban J connectivity index is 2.66. The standard InChI is InChI=1S/C13H11NO4/c1-18-11-5-3-2-4-9(11)10-6-8(13(16)17)7-14-12(10)15/h2-7H,1H3,(H,14,15)(H,16,17). The Labute approximate surface area is 103 Å². The first-order valence-electron chi connectivity index (χ1n) is 5.23. The van der Waals surface area contributed by atoms with Crippen molar-refractivity contribution >= 4 is 5.97 Å². The van der Waals surface area contributed by atoms with Crippen LogP contribution < -0.4 is 10.3 Å². The Bertz CT molecular complexity index is 645. The fraction of sp³-hybridized carbons (Fsp3) is 0.0769. The molecule has 2 N–H and O–H groups in total. The molecule has 5 heteroatoms. The summed E-state index contributed by atoms with van der Waals surface area (Å²) in [7, 11) is 1.49. The number of aromatic carboxylic acids is 1. The number of methoxy groups -OCH3 is 1. The number of aromatic amines is 1. The number of para-hydroxylation sites is 1. The fourth-order valence-corrected chi connectivity index (χ4v) is 1.67. The number of benzene rings is 1. The van der Waals surface area contributed by atoms with E-state index in [2.05, 4.69) is 4.98 Å². The highest BCUT2D eigenvalue weighted by Crippen LogP contribution is 2.27. The van der Waals surface area contributed by atoms with E-state index in [1.807, 2.05) is 0 Å². The van der Waals surface area contributed by atoms with Crippen LogP contribution in [-0.2, 0) is 0 Å². The number of H-pyrrole nitrogens is 1. The van der Waals surface area contributed by atoms with E-state index in [0.717, 1.165) is 0 Å². The highest BCUT2D eigenvalue weighted by atomic mass is 16.5. The van der Waals surface area contributed by atoms with Crippen LogP contribution in [0.2, 0.25) is 0 Å². The van der Waals surface area contributed by atoms with Crippen LogP contribution in [-0.4, -0.2) is 23.2 Å². The van der Waals surface area contributed by atoms with Gasteiger partial charge in [0.1, 0.15) is 5.75 Å². The number of hydrogen-bond acceptors (Lipinski definition) is 3. The molecule has 92 valence electrons. The molecule has 0 fully saturated rings. The maximum Gasteiger partial charge on any atom is 0.337 e. The monoisotopic (exact) mass is 245 g/mol. The summed E-state index contributed by atoms with van der Waals surface area (Å²) in [6.07, 6.45) is 1.17. The number of aromatic nitrogens is 1. The van der Waals surface area contributed by atoms with Crippen molar-refractivity contribution in [2.45, 2.75) is 0 Å². The van der Waals surface area contributed by atoms with E-state index in [1.54, 1.807) is 24.3 Å². The van der Waals surface area contributed by atoms with Gasteiger partial charge in [0.25, 0.3) is 5.56 Å². The predicted octanol–water partition coefficient (Wildman–Crippen LogP) is 1.75. The quantitative estimate of drug-likeness (QED) is 0.863. The van der Waals surface area contributed by atoms with Gasteiger partial charge in [0.05, 0.1) is 18.2 Å². The minimum atomic E-state index is -1.10. The molecule has 0 amide bonds. The number of carboxylic acids is 1. The van der Waals surface area contributed by atoms with E-state index >= 15 is 0 Å². The topological polar surface area (TPSA) is 79.4 Å². The van der Waals surface area contributed by atoms with Crippen LogP contribution in [0.25, 0.3) is 11.1 Å². The van der Waals surface area contributed by atoms with Crippen molar-refractivity contribution in [3.05, 3.63) is 52.4 Å². The summed E-state index contributed by atoms with van der Waals surface area (Å²) in [5, 5.41) is 8.92. The second kappa shape index (κ2) is 4.75. The molecule has 0 aliphatic rings. The molecule has 0 atom stereocenters. The zero-order valence-corrected chi connectivity index (χ0v) is 9.64. The SMILES string of the molecule is COc1ccccc1-c1cc(C(=O)O)c[nH]c1=O. The molecular weight excluding hydrogens is 234 g/mol. The van der Waals surface area contributed by atoms with Crippen LogP contribution in [0.15, 0.2) is 41.3 Å². The van der Waals surface area contributed by atoms with E-state index in [4.69, 9.17) is 9.84 Å². The van der Waals surface area contributed by atoms with Gasteiger partial charge in [-0.2, -0.15) is 0 Å². The molecule has 18 heavy (non-hydrogen) atoms. The Morgan fingerprint density at radius 2 is 2.00 bits per heavy atom. The molecule has 1 aromatic carbocycles. The lowest BCUT2D eigenvalue weighted by Crippen LogP contribution is -2.11. The predicted molar refractivity (Wildman–Crippen MR) is 66.0 cm³/mol. The first-order chi connectivity index (χ1) is 8.63. The van der Waals surface area contributed by atoms with Crippen molar-refractivity contribution in [1.29, 1.82) is 0 Å². The highest BCUT2D eigenvalue weighted by Gasteiger charge is 2.12. The molecule has 1 heterocycles. The molecule has 0 radical (unpaired) electrons. The van der Waals surface area contributed by atoms with E-state index < -0.39 is 5.97 Å². The second-order valence-corrected chi connectivity index (χ2v) is 3.64. The first-order valence-corrected chi connectivity index (χ1v) is 5.23. The van der Waals surface area contributed by atoms with Gasteiger partial charge in [-0.05, 0) is 12.1 Å². The molecule has 2 rings (SSSR count). The lowest BCUT2D eigenvalue weighted by molar-refractivity contribution is 0.0696. The van der Waals surface area contributed by atoms with Crippen molar-refractivity contribution in [2.24, 2.45) is 0 Å². The normalized spacial score (nSPS) is 10.1. The van der Waals surface area contributed by atoms with Crippen molar-refractivity contribution < 1.29 is 14.6 Å². The van der Waals surface area contributed by atoms with Gasteiger partial charge in [-0.15, -0.1) is 0 Å². The molecule has 0 saturated carbocycles. The van der Waals surface area contributed by atoms with Gasteiger partial charge in [0.2, 0.25) is 0 Å². The molecular formula is C13H11NO4. The maximum atomic E-state index is 11.8. The summed E-state index contributed by atoms with van der Waals surface area (Å²) >= 11 is 0. The molecule has 0 unspecified atom stereocenters. The smallest absolute Gasteiger partial charge is 0.337 e. The average Bonchev–Trinajstić information content (AvgIpc) is 2.39. The van der Waals surface area contributed by atoms with Crippen LogP contribution >= 0.6 is 0 Å². The number of rotatable bonds is 3. The molecule has 2 aromatic rings. The number of ether oxygens (including phenoxy) is 1. The summed E-state index contributed by atoms with van der Waals surface area (Å²) in [5.41, 5.74) is 0.497. The molecule has 0 spiro atoms. The molecule has 0 saturated heterocycles. The van der Waals surface area contributed by atoms with Crippen molar-refractivity contribution in [1.82, 2.24) is 4.98 Å². The molecule has 0 bridgehead atoms. The third-order valence-corrected chi connectivity index (χ3v) is 2.55. The van der Waals surface area contributed by atoms with E-state index in [1.165, 1.54) is 19.4 Å². The van der Waals surface area contributed by atoms with Crippen LogP contribution in [0, 0.1) is 0 Å². The molecule has 5 nitrogen and oxygen atoms in total. The first kappa shape index (κ1) is 11.9. The fourth-order valence-electron chi connectivity index (χ4n) is 1.67. The minimum Gasteiger partial charge on any atom is -0.496 e. The van der Waals surface area contributed by atoms with Crippen molar-refractivity contribution in [3.63, 3.8) is 0 Å². The Hall–Kier alpha value is -2.56. The van der Waals surface area contributed by atoms with Gasteiger partial charge in [-0.1, -0.05) is 18.2 Å². The Morgan fingerprint density at radius 1 is 1.28 bits per heavy atom. The summed E-state index contributed by atoms with van der Waals surface area (Å²) in [4.78, 5) is 25.1. The van der Waals surface area contributed by atoms with E-state index in [0.29, 0.717) is 11.3 Å². The largest absolute Gasteiger partial charge is 0.496 e. The van der Waals surface area contributed by atoms with Crippen molar-refractivity contribution in [2.75, 3.05) is 7.11 Å². The van der Waals surface area contributed by atoms with Crippen LogP contribution in [0.5, 0.6) is 5.75 Å². The average molecular weight is 245 g/mol. The highest BCUT2D eigenvalue weighted by molar-refractivity contribution is 5.89. The molecule has 1 aromatic heterocycles. The second-order valence-electron chi connectivity index (χ2n) is 3.64. The number of carboxylic acid groups (broad SMARTS) is 1. The number of nitrogens with one attached hydrogen (secondary N) is 1. The van der Waals surface area contributed by atoms with Gasteiger partial charge in [0.15, 0.2) is 0 Å². The lowest BCUT2D eigenvalue weighted by Gasteiger charge is -2.07. The summed E-state index contributed by atoms with van der Waals surface area (Å²) < 4.78 is 5.15. The summed E-state index contributed by atoms with van der Waals surface area (Å²) in [6.45, 7) is 0. The van der Waals surface area contributed by atoms with Gasteiger partial charge >= 0.3 is 5.97 Å². The van der Waals surface area contributed by atoms with Crippen LogP contribution in [0.1, 0.15) is 10.4 Å². The number of carbonyl (C=O) groups is 1. The van der Waals surface area contributed by atoms with Gasteiger partial charge in [0, 0.05) is 11.8 Å². The zero-order valence-electron chi connectivity index (χ0n) is 9.64. The summed E-state index contributed by atoms with van der Waals surface area (Å²) in [6, 6.07) is 8.28. The number of hydrogen-bond donors (Lipinski definition) is 2. The van der Waals surface area contributed by atoms with Crippen LogP contribution in [0.3, 0.4) is 0 Å². The van der Waals surface area contributed by atoms with Crippen molar-refractivity contribution in [3.8, 4) is 16.9 Å². The van der Waals surface area contributed by atoms with Gasteiger partial charge < -0.3 is 14.8 Å². The number of pyridine rings is 1. The lowest BCUT2D eigenvalue weighted by atomic mass is 10.0. The van der Waals surface area contributed by atoms with Gasteiger partial charge in [-0.3, -0.25) is 4.79 Å². The summed E-state index contributed by atoms with van der Waals surface area (Å²) in [5.74, 6) is -0.576. The minimum absolute atomic E-state index is 0.0236. The zero-order chi connectivity index (χ0) is 13.1. The third kappa shape index (κ3) is 2.10. The van der Waals surface area contributed by atoms with Crippen LogP contribution in [0.4, 0.5) is 0 Å².